The van der Waals surface area contributed by atoms with Crippen LogP contribution in [0.2, 0.25) is 0 Å². The summed E-state index contributed by atoms with van der Waals surface area (Å²) in [6.45, 7) is 6.97. The maximum Gasteiger partial charge on any atom is 0.397 e. The number of hydrogen-bond donors (Lipinski definition) is 9. The number of sulfone groups is 2. The highest BCUT2D eigenvalue weighted by molar-refractivity contribution is 7.94. The zero-order valence-corrected chi connectivity index (χ0v) is 42.8. The maximum atomic E-state index is 12.9. The van der Waals surface area contributed by atoms with Crippen LogP contribution in [0.1, 0.15) is 16.7 Å². The molecule has 0 unspecified atom stereocenters. The highest BCUT2D eigenvalue weighted by Crippen LogP contribution is 2.40. The summed E-state index contributed by atoms with van der Waals surface area (Å²) in [6.07, 6.45) is 0. The van der Waals surface area contributed by atoms with Crippen molar-refractivity contribution in [1.29, 1.82) is 5.26 Å². The van der Waals surface area contributed by atoms with Crippen molar-refractivity contribution < 1.29 is 77.1 Å². The van der Waals surface area contributed by atoms with E-state index in [4.69, 9.17) is 14.8 Å². The number of nitrogens with one attached hydrogen (secondary N) is 4. The first-order valence-corrected chi connectivity index (χ1v) is 29.0. The topological polar surface area (TPSA) is 477 Å². The Hall–Kier alpha value is -6.63. The summed E-state index contributed by atoms with van der Waals surface area (Å²) < 4.78 is 191. The molecular weight excluding hydrogens is 1090 g/mol. The van der Waals surface area contributed by atoms with Gasteiger partial charge in [-0.15, -0.1) is 10.2 Å². The first-order chi connectivity index (χ1) is 33.8. The number of anilines is 5. The molecule has 0 atom stereocenters. The number of azo groups is 2. The molecule has 0 saturated carbocycles. The normalized spacial score (nSPS) is 12.7. The van der Waals surface area contributed by atoms with Crippen LogP contribution in [0.3, 0.4) is 0 Å². The van der Waals surface area contributed by atoms with Crippen molar-refractivity contribution in [3.8, 4) is 17.2 Å². The lowest BCUT2D eigenvalue weighted by Gasteiger charge is -2.16. The fourth-order valence-electron chi connectivity index (χ4n) is 5.95. The maximum absolute atomic E-state index is 12.9. The Kier molecular flexibility index (Phi) is 19.3. The second-order valence-electron chi connectivity index (χ2n) is 14.5. The van der Waals surface area contributed by atoms with E-state index in [1.807, 2.05) is 6.07 Å². The van der Waals surface area contributed by atoms with Crippen LogP contribution < -0.4 is 27.0 Å². The number of nitrogen functional groups attached to an aromatic ring is 1. The average Bonchev–Trinajstić information content (AvgIpc) is 3.29. The summed E-state index contributed by atoms with van der Waals surface area (Å²) >= 11 is 0. The molecule has 396 valence electrons. The second-order valence-corrected chi connectivity index (χ2v) is 23.5. The van der Waals surface area contributed by atoms with E-state index in [1.54, 1.807) is 0 Å². The average molecular weight is 1140 g/mol. The molecule has 36 heteroatoms. The van der Waals surface area contributed by atoms with Crippen LogP contribution in [0.25, 0.3) is 11.1 Å². The molecule has 0 saturated heterocycles. The Balaban J connectivity index is 1.80. The van der Waals surface area contributed by atoms with E-state index in [-0.39, 0.29) is 94.6 Å². The summed E-state index contributed by atoms with van der Waals surface area (Å²) in [5, 5.41) is 38.5. The molecule has 0 spiro atoms. The Morgan fingerprint density at radius 1 is 0.603 bits per heavy atom. The van der Waals surface area contributed by atoms with E-state index < -0.39 is 106 Å². The summed E-state index contributed by atoms with van der Waals surface area (Å²) in [5.74, 6) is -1.56. The molecule has 0 fully saturated rings. The minimum atomic E-state index is -5.28. The highest BCUT2D eigenvalue weighted by atomic mass is 32.3. The van der Waals surface area contributed by atoms with Gasteiger partial charge in [0.2, 0.25) is 0 Å². The third-order valence-corrected chi connectivity index (χ3v) is 14.7. The third-order valence-electron chi connectivity index (χ3n) is 9.42. The summed E-state index contributed by atoms with van der Waals surface area (Å²) in [6, 6.07) is 7.70. The van der Waals surface area contributed by atoms with Crippen molar-refractivity contribution in [2.45, 2.75) is 23.6 Å². The minimum absolute atomic E-state index is 0.0487. The zero-order valence-electron chi connectivity index (χ0n) is 37.9. The Bertz CT molecular complexity index is 3610. The molecule has 0 bridgehead atoms. The fourth-order valence-corrected chi connectivity index (χ4v) is 9.09. The Morgan fingerprint density at radius 3 is 1.37 bits per heavy atom. The smallest absolute Gasteiger partial charge is 0.395 e. The lowest BCUT2D eigenvalue weighted by molar-refractivity contribution is 0.277. The first kappa shape index (κ1) is 58.9. The van der Waals surface area contributed by atoms with Crippen molar-refractivity contribution in [3.63, 3.8) is 0 Å². The van der Waals surface area contributed by atoms with E-state index in [2.05, 4.69) is 73.2 Å². The van der Waals surface area contributed by atoms with Crippen molar-refractivity contribution in [2.75, 3.05) is 77.9 Å². The molecular formula is C37H44N12O18S6. The number of nitrogens with two attached hydrogens (primary N) is 1. The second kappa shape index (κ2) is 23.9. The van der Waals surface area contributed by atoms with Gasteiger partial charge in [-0.1, -0.05) is 25.3 Å². The molecule has 0 aliphatic rings. The minimum Gasteiger partial charge on any atom is -0.395 e. The van der Waals surface area contributed by atoms with Crippen LogP contribution in [0.15, 0.2) is 90.6 Å². The van der Waals surface area contributed by atoms with Crippen molar-refractivity contribution in [2.24, 2.45) is 20.5 Å². The van der Waals surface area contributed by atoms with E-state index >= 15 is 0 Å². The van der Waals surface area contributed by atoms with Gasteiger partial charge in [0.1, 0.15) is 33.1 Å². The van der Waals surface area contributed by atoms with E-state index in [9.17, 15) is 64.9 Å². The van der Waals surface area contributed by atoms with Crippen LogP contribution in [0.4, 0.5) is 51.7 Å². The summed E-state index contributed by atoms with van der Waals surface area (Å²) in [5.41, 5.74) is 4.25. The van der Waals surface area contributed by atoms with Gasteiger partial charge in [-0.05, 0) is 38.1 Å². The Labute approximate surface area is 418 Å². The molecule has 73 heavy (non-hydrogen) atoms. The van der Waals surface area contributed by atoms with Crippen molar-refractivity contribution in [1.82, 2.24) is 9.97 Å². The predicted octanol–water partition coefficient (Wildman–Crippen LogP) is 3.94. The third kappa shape index (κ3) is 17.2. The molecule has 0 aliphatic heterocycles. The largest absolute Gasteiger partial charge is 0.397 e. The molecule has 2 heterocycles. The van der Waals surface area contributed by atoms with Gasteiger partial charge in [0.25, 0.3) is 20.2 Å². The van der Waals surface area contributed by atoms with Gasteiger partial charge in [0, 0.05) is 59.2 Å². The first-order valence-electron chi connectivity index (χ1n) is 20.0. The summed E-state index contributed by atoms with van der Waals surface area (Å²) in [7, 11) is -27.6. The number of pyridine rings is 2. The zero-order chi connectivity index (χ0) is 54.7. The monoisotopic (exact) mass is 1140 g/mol. The molecule has 2 aromatic heterocycles. The number of rotatable bonds is 27. The molecule has 4 aromatic rings. The van der Waals surface area contributed by atoms with Gasteiger partial charge in [-0.2, -0.15) is 49.2 Å². The summed E-state index contributed by atoms with van der Waals surface area (Å²) in [4.78, 5) is 6.62. The molecule has 0 aliphatic carbocycles. The molecule has 2 aromatic carbocycles. The SMILES string of the molecule is C=CS(=O)(=O)CCNc1nc(NCCOS(=O)(=O)O)c(N)c(C)c1/N=N/c1ccc(-c2ccc(/N=N/c3c(NCCS(=O)(=O)C=C)nc(NCCOS(=O)(=O)O)c(C#N)c3C)cc2S(=O)(=O)O)c(S(=O)(=O)O)c1. The van der Waals surface area contributed by atoms with E-state index in [1.165, 1.54) is 13.8 Å². The van der Waals surface area contributed by atoms with Crippen molar-refractivity contribution >= 4 is 112 Å². The van der Waals surface area contributed by atoms with Gasteiger partial charge < -0.3 is 27.0 Å². The predicted molar refractivity (Wildman–Crippen MR) is 264 cm³/mol. The van der Waals surface area contributed by atoms with Crippen LogP contribution in [0, 0.1) is 25.2 Å². The number of aromatic nitrogens is 2. The number of hydrogen-bond acceptors (Lipinski definition) is 26. The van der Waals surface area contributed by atoms with Gasteiger partial charge in [-0.3, -0.25) is 18.2 Å². The van der Waals surface area contributed by atoms with Crippen LogP contribution in [-0.4, -0.2) is 130 Å². The van der Waals surface area contributed by atoms with Crippen LogP contribution >= 0.6 is 0 Å². The number of nitriles is 1. The molecule has 0 amide bonds. The lowest BCUT2D eigenvalue weighted by Crippen LogP contribution is -2.17. The Morgan fingerprint density at radius 2 is 0.986 bits per heavy atom. The quantitative estimate of drug-likeness (QED) is 0.0232. The van der Waals surface area contributed by atoms with E-state index in [0.29, 0.717) is 5.41 Å². The lowest BCUT2D eigenvalue weighted by atomic mass is 10.0. The highest BCUT2D eigenvalue weighted by Gasteiger charge is 2.26. The number of benzene rings is 2. The van der Waals surface area contributed by atoms with Gasteiger partial charge in [-0.25, -0.2) is 35.2 Å². The standard InChI is InChI=1S/C37H44N12O18S6/c1-5-68(50,51)17-13-42-36-32(22(3)28(21-38)34(44-36)40-11-15-66-72(60,61)62)48-46-24-7-9-26(29(19-24)70(54,55)56)27-10-8-25(20-30(27)71(57,58)59)47-49-33-23(4)31(39)35(41-12-16-67-73(63,64)65)45-37(33)43-14-18-69(52,53)6-2/h5-10,19-20H,1-2,11-18,39H2,3-4H3,(H2,40,42,44)(H2,41,43,45)(H,54,55,56)(H,57,58,59)(H,60,61,62)(H,63,64,65)/b48-46+,49-47+. The molecule has 10 N–H and O–H groups in total. The molecule has 30 nitrogen and oxygen atoms in total. The number of nitrogens with zero attached hydrogens (tertiary/aromatic N) is 7. The molecule has 4 rings (SSSR count). The van der Waals surface area contributed by atoms with E-state index in [0.717, 1.165) is 41.8 Å². The van der Waals surface area contributed by atoms with Gasteiger partial charge >= 0.3 is 20.8 Å². The van der Waals surface area contributed by atoms with Crippen LogP contribution in [-0.2, 0) is 69.1 Å². The van der Waals surface area contributed by atoms with Gasteiger partial charge in [0.15, 0.2) is 37.1 Å². The van der Waals surface area contributed by atoms with Crippen LogP contribution in [0.5, 0.6) is 0 Å². The fraction of sp³-hybridized carbons (Fsp3) is 0.270. The van der Waals surface area contributed by atoms with Gasteiger partial charge in [0.05, 0.1) is 47.3 Å². The van der Waals surface area contributed by atoms with Crippen molar-refractivity contribution in [3.05, 3.63) is 77.1 Å². The molecule has 0 radical (unpaired) electrons.